The van der Waals surface area contributed by atoms with E-state index >= 15 is 0 Å². The van der Waals surface area contributed by atoms with E-state index in [4.69, 9.17) is 19.9 Å². The van der Waals surface area contributed by atoms with Crippen molar-refractivity contribution < 1.29 is 19.0 Å². The second-order valence-corrected chi connectivity index (χ2v) is 7.22. The van der Waals surface area contributed by atoms with Gasteiger partial charge in [-0.25, -0.2) is 4.79 Å². The zero-order valence-corrected chi connectivity index (χ0v) is 18.6. The fourth-order valence-corrected chi connectivity index (χ4v) is 3.25. The van der Waals surface area contributed by atoms with Crippen molar-refractivity contribution in [1.29, 1.82) is 0 Å². The third-order valence-electron chi connectivity index (χ3n) is 5.02. The molecular formula is C24H33N3O4. The highest BCUT2D eigenvalue weighted by Gasteiger charge is 2.16. The molecule has 1 aliphatic heterocycles. The molecule has 0 aromatic heterocycles. The van der Waals surface area contributed by atoms with Gasteiger partial charge in [-0.3, -0.25) is 0 Å². The van der Waals surface area contributed by atoms with E-state index in [1.807, 2.05) is 36.4 Å². The summed E-state index contributed by atoms with van der Waals surface area (Å²) in [5, 5.41) is 0. The van der Waals surface area contributed by atoms with E-state index in [1.54, 1.807) is 20.3 Å². The summed E-state index contributed by atoms with van der Waals surface area (Å²) in [7, 11) is 5.52. The zero-order valence-electron chi connectivity index (χ0n) is 18.6. The summed E-state index contributed by atoms with van der Waals surface area (Å²) in [4.78, 5) is 15.3. The van der Waals surface area contributed by atoms with E-state index in [-0.39, 0.29) is 6.10 Å². The Labute approximate surface area is 185 Å². The molecule has 2 aromatic carbocycles. The van der Waals surface area contributed by atoms with Gasteiger partial charge in [-0.15, -0.1) is 6.58 Å². The van der Waals surface area contributed by atoms with Crippen molar-refractivity contribution in [2.24, 2.45) is 5.73 Å². The number of anilines is 1. The van der Waals surface area contributed by atoms with Crippen molar-refractivity contribution in [1.82, 2.24) is 4.90 Å². The number of hydrogen-bond donors (Lipinski definition) is 1. The van der Waals surface area contributed by atoms with Crippen molar-refractivity contribution >= 4 is 11.8 Å². The number of piperazine rings is 1. The Hall–Kier alpha value is -3.19. The normalized spacial score (nSPS) is 14.6. The maximum atomic E-state index is 10.6. The van der Waals surface area contributed by atoms with Gasteiger partial charge < -0.3 is 29.7 Å². The third-order valence-corrected chi connectivity index (χ3v) is 5.02. The second-order valence-electron chi connectivity index (χ2n) is 7.22. The van der Waals surface area contributed by atoms with Crippen molar-refractivity contribution in [2.45, 2.75) is 12.5 Å². The van der Waals surface area contributed by atoms with Crippen LogP contribution >= 0.6 is 0 Å². The van der Waals surface area contributed by atoms with Crippen molar-refractivity contribution in [3.05, 3.63) is 66.7 Å². The summed E-state index contributed by atoms with van der Waals surface area (Å²) in [5.41, 5.74) is 7.06. The van der Waals surface area contributed by atoms with E-state index in [9.17, 15) is 4.79 Å². The number of nitrogens with zero attached hydrogens (tertiary/aromatic N) is 2. The monoisotopic (exact) mass is 427 g/mol. The van der Waals surface area contributed by atoms with Crippen molar-refractivity contribution in [2.75, 3.05) is 52.3 Å². The van der Waals surface area contributed by atoms with E-state index in [0.29, 0.717) is 6.42 Å². The average Bonchev–Trinajstić information content (AvgIpc) is 2.79. The zero-order chi connectivity index (χ0) is 22.6. The molecule has 1 saturated heterocycles. The Balaban J connectivity index is 0.000000225. The number of nitrogens with two attached hydrogens (primary N) is 1. The number of carbonyl (C=O) groups excluding carboxylic acids is 1. The first-order valence-corrected chi connectivity index (χ1v) is 10.2. The molecule has 1 amide bonds. The van der Waals surface area contributed by atoms with Gasteiger partial charge in [-0.05, 0) is 12.6 Å². The molecule has 2 aromatic rings. The van der Waals surface area contributed by atoms with Gasteiger partial charge in [-0.2, -0.15) is 0 Å². The molecule has 0 saturated carbocycles. The molecule has 2 N–H and O–H groups in total. The number of methoxy groups -OCH3 is 2. The lowest BCUT2D eigenvalue weighted by Crippen LogP contribution is -2.44. The molecular weight excluding hydrogens is 394 g/mol. The molecule has 0 aliphatic carbocycles. The Morgan fingerprint density at radius 2 is 1.65 bits per heavy atom. The lowest BCUT2D eigenvalue weighted by atomic mass is 10.1. The molecule has 1 unspecified atom stereocenters. The third kappa shape index (κ3) is 7.86. The number of benzene rings is 2. The molecule has 1 fully saturated rings. The molecule has 1 heterocycles. The summed E-state index contributed by atoms with van der Waals surface area (Å²) in [6.45, 7) is 7.89. The first-order chi connectivity index (χ1) is 15.0. The maximum Gasteiger partial charge on any atom is 0.405 e. The summed E-state index contributed by atoms with van der Waals surface area (Å²) < 4.78 is 15.5. The number of ether oxygens (including phenoxy) is 3. The number of likely N-dealkylation sites (N-methyl/N-ethyl adjacent to an activating group) is 1. The summed E-state index contributed by atoms with van der Waals surface area (Å²) in [5.74, 6) is 1.69. The summed E-state index contributed by atoms with van der Waals surface area (Å²) in [6, 6.07) is 15.5. The molecule has 7 heteroatoms. The van der Waals surface area contributed by atoms with Gasteiger partial charge in [0.2, 0.25) is 0 Å². The topological polar surface area (TPSA) is 77.3 Å². The van der Waals surface area contributed by atoms with Crippen LogP contribution in [-0.2, 0) is 4.74 Å². The van der Waals surface area contributed by atoms with Crippen LogP contribution in [0.1, 0.15) is 18.1 Å². The van der Waals surface area contributed by atoms with Crippen LogP contribution < -0.4 is 20.1 Å². The molecule has 1 atom stereocenters. The number of primary amides is 1. The Kier molecular flexibility index (Phi) is 9.71. The van der Waals surface area contributed by atoms with Crippen LogP contribution in [0.25, 0.3) is 0 Å². The van der Waals surface area contributed by atoms with E-state index < -0.39 is 6.09 Å². The Morgan fingerprint density at radius 1 is 1.06 bits per heavy atom. The Bertz CT molecular complexity index is 799. The summed E-state index contributed by atoms with van der Waals surface area (Å²) in [6.07, 6.45) is 1.17. The van der Waals surface area contributed by atoms with E-state index in [1.165, 1.54) is 5.69 Å². The van der Waals surface area contributed by atoms with E-state index in [2.05, 4.69) is 35.6 Å². The smallest absolute Gasteiger partial charge is 0.405 e. The maximum absolute atomic E-state index is 10.6. The fourth-order valence-electron chi connectivity index (χ4n) is 3.25. The predicted octanol–water partition coefficient (Wildman–Crippen LogP) is 3.85. The fraction of sp³-hybridized carbons (Fsp3) is 0.375. The van der Waals surface area contributed by atoms with Crippen LogP contribution in [0.2, 0.25) is 0 Å². The molecule has 7 nitrogen and oxygen atoms in total. The van der Waals surface area contributed by atoms with Gasteiger partial charge >= 0.3 is 6.09 Å². The molecule has 3 rings (SSSR count). The van der Waals surface area contributed by atoms with Gasteiger partial charge in [0.05, 0.1) is 14.2 Å². The van der Waals surface area contributed by atoms with Gasteiger partial charge in [-0.1, -0.05) is 36.4 Å². The highest BCUT2D eigenvalue weighted by atomic mass is 16.6. The van der Waals surface area contributed by atoms with Gasteiger partial charge in [0.1, 0.15) is 17.6 Å². The van der Waals surface area contributed by atoms with Crippen LogP contribution in [0.3, 0.4) is 0 Å². The number of hydrogen-bond acceptors (Lipinski definition) is 6. The minimum atomic E-state index is -0.763. The van der Waals surface area contributed by atoms with Gasteiger partial charge in [0.25, 0.3) is 0 Å². The van der Waals surface area contributed by atoms with Gasteiger partial charge in [0, 0.05) is 56.5 Å². The van der Waals surface area contributed by atoms with Crippen LogP contribution in [0.4, 0.5) is 10.5 Å². The lowest BCUT2D eigenvalue weighted by molar-refractivity contribution is 0.108. The quantitative estimate of drug-likeness (QED) is 0.676. The van der Waals surface area contributed by atoms with Crippen LogP contribution in [0.5, 0.6) is 11.5 Å². The number of carbonyl (C=O) groups is 1. The lowest BCUT2D eigenvalue weighted by Gasteiger charge is -2.34. The van der Waals surface area contributed by atoms with Crippen molar-refractivity contribution in [3.63, 3.8) is 0 Å². The summed E-state index contributed by atoms with van der Waals surface area (Å²) >= 11 is 0. The SMILES string of the molecule is C=CCC(OC(N)=O)c1ccccc1.COc1cc(OC)cc(N2CCN(C)CC2)c1. The molecule has 0 bridgehead atoms. The molecule has 0 radical (unpaired) electrons. The Morgan fingerprint density at radius 3 is 2.13 bits per heavy atom. The minimum absolute atomic E-state index is 0.328. The van der Waals surface area contributed by atoms with Crippen molar-refractivity contribution in [3.8, 4) is 11.5 Å². The average molecular weight is 428 g/mol. The molecule has 1 aliphatic rings. The second kappa shape index (κ2) is 12.5. The molecule has 168 valence electrons. The predicted molar refractivity (Wildman–Crippen MR) is 124 cm³/mol. The van der Waals surface area contributed by atoms with Crippen LogP contribution in [-0.4, -0.2) is 58.4 Å². The largest absolute Gasteiger partial charge is 0.497 e. The molecule has 31 heavy (non-hydrogen) atoms. The van der Waals surface area contributed by atoms with E-state index in [0.717, 1.165) is 43.2 Å². The highest BCUT2D eigenvalue weighted by molar-refractivity contribution is 5.65. The standard InChI is InChI=1S/C13H20N2O2.C11H13NO2/c1-14-4-6-15(7-5-14)11-8-12(16-2)10-13(9-11)17-3;1-2-6-10(14-11(12)13)9-7-4-3-5-8-9/h8-10H,4-7H2,1-3H3;2-5,7-8,10H,1,6H2,(H2,12,13). The minimum Gasteiger partial charge on any atom is -0.497 e. The highest BCUT2D eigenvalue weighted by Crippen LogP contribution is 2.28. The van der Waals surface area contributed by atoms with Crippen LogP contribution in [0.15, 0.2) is 61.2 Å². The number of rotatable bonds is 7. The first-order valence-electron chi connectivity index (χ1n) is 10.2. The van der Waals surface area contributed by atoms with Crippen LogP contribution in [0, 0.1) is 0 Å². The molecule has 0 spiro atoms. The first kappa shape index (κ1) is 24.1. The van der Waals surface area contributed by atoms with Gasteiger partial charge in [0.15, 0.2) is 0 Å². The number of amides is 1.